The van der Waals surface area contributed by atoms with Crippen LogP contribution in [-0.4, -0.2) is 23.2 Å². The summed E-state index contributed by atoms with van der Waals surface area (Å²) in [6, 6.07) is 4.67. The minimum absolute atomic E-state index is 0.0878. The van der Waals surface area contributed by atoms with E-state index >= 15 is 0 Å². The zero-order chi connectivity index (χ0) is 15.4. The van der Waals surface area contributed by atoms with Gasteiger partial charge >= 0.3 is 0 Å². The molecule has 0 spiro atoms. The molecule has 2 aromatic heterocycles. The first kappa shape index (κ1) is 16.5. The van der Waals surface area contributed by atoms with Crippen LogP contribution in [-0.2, 0) is 13.0 Å². The molecule has 0 radical (unpaired) electrons. The normalized spacial score (nSPS) is 14.1. The van der Waals surface area contributed by atoms with Gasteiger partial charge < -0.3 is 10.0 Å². The van der Waals surface area contributed by atoms with E-state index in [0.717, 1.165) is 28.5 Å². The molecular formula is C16H24N2OS2. The molecule has 0 amide bonds. The number of anilines is 1. The topological polar surface area (TPSA) is 36.4 Å². The van der Waals surface area contributed by atoms with Gasteiger partial charge in [-0.3, -0.25) is 0 Å². The van der Waals surface area contributed by atoms with Crippen molar-refractivity contribution >= 4 is 27.8 Å². The van der Waals surface area contributed by atoms with E-state index in [2.05, 4.69) is 50.2 Å². The SMILES string of the molecule is CCC(C)c1nc(N(C)C(C)Cc2cccs2)sc1CO. The molecule has 21 heavy (non-hydrogen) atoms. The molecule has 0 aliphatic rings. The van der Waals surface area contributed by atoms with Crippen LogP contribution in [0.5, 0.6) is 0 Å². The maximum Gasteiger partial charge on any atom is 0.185 e. The molecule has 0 aliphatic heterocycles. The number of aliphatic hydroxyl groups excluding tert-OH is 1. The highest BCUT2D eigenvalue weighted by atomic mass is 32.1. The number of thiophene rings is 1. The number of thiazole rings is 1. The van der Waals surface area contributed by atoms with Crippen LogP contribution in [0.3, 0.4) is 0 Å². The Hall–Kier alpha value is -0.910. The van der Waals surface area contributed by atoms with Crippen molar-refractivity contribution in [1.82, 2.24) is 4.98 Å². The van der Waals surface area contributed by atoms with Crippen LogP contribution in [0.4, 0.5) is 5.13 Å². The number of hydrogen-bond acceptors (Lipinski definition) is 5. The summed E-state index contributed by atoms with van der Waals surface area (Å²) >= 11 is 3.42. The Morgan fingerprint density at radius 2 is 2.14 bits per heavy atom. The van der Waals surface area contributed by atoms with Crippen LogP contribution in [0.15, 0.2) is 17.5 Å². The maximum atomic E-state index is 9.56. The van der Waals surface area contributed by atoms with E-state index in [-0.39, 0.29) is 6.61 Å². The van der Waals surface area contributed by atoms with Crippen molar-refractivity contribution in [3.63, 3.8) is 0 Å². The predicted octanol–water partition coefficient (Wildman–Crippen LogP) is 4.28. The van der Waals surface area contributed by atoms with E-state index in [1.54, 1.807) is 22.7 Å². The van der Waals surface area contributed by atoms with Crippen molar-refractivity contribution in [3.8, 4) is 0 Å². The minimum Gasteiger partial charge on any atom is -0.391 e. The van der Waals surface area contributed by atoms with Crippen LogP contribution in [0.2, 0.25) is 0 Å². The second-order valence-electron chi connectivity index (χ2n) is 5.52. The van der Waals surface area contributed by atoms with Crippen molar-refractivity contribution in [2.75, 3.05) is 11.9 Å². The molecule has 5 heteroatoms. The van der Waals surface area contributed by atoms with Gasteiger partial charge in [-0.15, -0.1) is 11.3 Å². The van der Waals surface area contributed by atoms with Gasteiger partial charge in [-0.25, -0.2) is 4.98 Å². The van der Waals surface area contributed by atoms with Crippen LogP contribution in [0, 0.1) is 0 Å². The summed E-state index contributed by atoms with van der Waals surface area (Å²) in [6.45, 7) is 6.65. The molecule has 2 atom stereocenters. The van der Waals surface area contributed by atoms with Crippen LogP contribution in [0.25, 0.3) is 0 Å². The fourth-order valence-electron chi connectivity index (χ4n) is 2.24. The van der Waals surface area contributed by atoms with E-state index in [1.807, 2.05) is 0 Å². The molecule has 2 heterocycles. The molecule has 0 saturated carbocycles. The smallest absolute Gasteiger partial charge is 0.185 e. The summed E-state index contributed by atoms with van der Waals surface area (Å²) in [5, 5.41) is 12.7. The second kappa shape index (κ2) is 7.38. The minimum atomic E-state index is 0.0878. The third-order valence-corrected chi connectivity index (χ3v) is 6.02. The Morgan fingerprint density at radius 3 is 2.71 bits per heavy atom. The van der Waals surface area contributed by atoms with Gasteiger partial charge in [-0.2, -0.15) is 0 Å². The molecule has 2 rings (SSSR count). The summed E-state index contributed by atoms with van der Waals surface area (Å²) in [6.07, 6.45) is 2.07. The van der Waals surface area contributed by atoms with E-state index in [0.29, 0.717) is 12.0 Å². The van der Waals surface area contributed by atoms with Crippen LogP contribution in [0.1, 0.15) is 48.6 Å². The van der Waals surface area contributed by atoms with Gasteiger partial charge in [0.1, 0.15) is 0 Å². The fourth-order valence-corrected chi connectivity index (χ4v) is 4.17. The first-order valence-corrected chi connectivity index (χ1v) is 9.12. The average molecular weight is 325 g/mol. The quantitative estimate of drug-likeness (QED) is 0.826. The largest absolute Gasteiger partial charge is 0.391 e. The van der Waals surface area contributed by atoms with Gasteiger partial charge in [-0.05, 0) is 30.7 Å². The Morgan fingerprint density at radius 1 is 1.38 bits per heavy atom. The lowest BCUT2D eigenvalue weighted by molar-refractivity contribution is 0.283. The third-order valence-electron chi connectivity index (χ3n) is 3.98. The molecule has 0 bridgehead atoms. The molecule has 2 unspecified atom stereocenters. The predicted molar refractivity (Wildman–Crippen MR) is 92.6 cm³/mol. The average Bonchev–Trinajstić information content (AvgIpc) is 3.14. The molecular weight excluding hydrogens is 300 g/mol. The lowest BCUT2D eigenvalue weighted by atomic mass is 10.0. The number of likely N-dealkylation sites (N-methyl/N-ethyl adjacent to an activating group) is 1. The monoisotopic (exact) mass is 324 g/mol. The second-order valence-corrected chi connectivity index (χ2v) is 7.61. The van der Waals surface area contributed by atoms with Crippen molar-refractivity contribution < 1.29 is 5.11 Å². The summed E-state index contributed by atoms with van der Waals surface area (Å²) < 4.78 is 0. The number of hydrogen-bond donors (Lipinski definition) is 1. The van der Waals surface area contributed by atoms with Crippen LogP contribution < -0.4 is 4.90 Å². The Bertz CT molecular complexity index is 551. The van der Waals surface area contributed by atoms with Crippen molar-refractivity contribution in [3.05, 3.63) is 33.0 Å². The van der Waals surface area contributed by atoms with Gasteiger partial charge in [0.15, 0.2) is 5.13 Å². The maximum absolute atomic E-state index is 9.56. The molecule has 2 aromatic rings. The fraction of sp³-hybridized carbons (Fsp3) is 0.562. The highest BCUT2D eigenvalue weighted by Crippen LogP contribution is 2.32. The van der Waals surface area contributed by atoms with Gasteiger partial charge in [0.25, 0.3) is 0 Å². The summed E-state index contributed by atoms with van der Waals surface area (Å²) in [5.41, 5.74) is 1.06. The Balaban J connectivity index is 2.14. The number of aliphatic hydroxyl groups is 1. The third kappa shape index (κ3) is 3.84. The number of nitrogens with zero attached hydrogens (tertiary/aromatic N) is 2. The lowest BCUT2D eigenvalue weighted by Crippen LogP contribution is -2.30. The molecule has 0 aromatic carbocycles. The zero-order valence-corrected chi connectivity index (χ0v) is 14.8. The molecule has 116 valence electrons. The Kier molecular flexibility index (Phi) is 5.79. The zero-order valence-electron chi connectivity index (χ0n) is 13.2. The summed E-state index contributed by atoms with van der Waals surface area (Å²) in [7, 11) is 2.10. The highest BCUT2D eigenvalue weighted by Gasteiger charge is 2.20. The standard InChI is InChI=1S/C16H24N2OS2/c1-5-11(2)15-14(10-19)21-16(17-15)18(4)12(3)9-13-7-6-8-20-13/h6-8,11-12,19H,5,9-10H2,1-4H3. The first-order valence-electron chi connectivity index (χ1n) is 7.42. The van der Waals surface area contributed by atoms with Gasteiger partial charge in [0.2, 0.25) is 0 Å². The van der Waals surface area contributed by atoms with Crippen molar-refractivity contribution in [2.45, 2.75) is 52.2 Å². The lowest BCUT2D eigenvalue weighted by Gasteiger charge is -2.23. The van der Waals surface area contributed by atoms with Crippen molar-refractivity contribution in [1.29, 1.82) is 0 Å². The highest BCUT2D eigenvalue weighted by molar-refractivity contribution is 7.15. The molecule has 0 fully saturated rings. The van der Waals surface area contributed by atoms with E-state index in [4.69, 9.17) is 4.98 Å². The summed E-state index contributed by atoms with van der Waals surface area (Å²) in [4.78, 5) is 9.43. The van der Waals surface area contributed by atoms with E-state index < -0.39 is 0 Å². The molecule has 3 nitrogen and oxygen atoms in total. The van der Waals surface area contributed by atoms with Crippen molar-refractivity contribution in [2.24, 2.45) is 0 Å². The van der Waals surface area contributed by atoms with Crippen LogP contribution >= 0.6 is 22.7 Å². The number of rotatable bonds is 7. The summed E-state index contributed by atoms with van der Waals surface area (Å²) in [5.74, 6) is 0.401. The van der Waals surface area contributed by atoms with E-state index in [9.17, 15) is 5.11 Å². The molecule has 0 aliphatic carbocycles. The molecule has 1 N–H and O–H groups in total. The van der Waals surface area contributed by atoms with Gasteiger partial charge in [0.05, 0.1) is 17.2 Å². The molecule has 0 saturated heterocycles. The van der Waals surface area contributed by atoms with Gasteiger partial charge in [0, 0.05) is 24.4 Å². The number of aromatic nitrogens is 1. The van der Waals surface area contributed by atoms with Gasteiger partial charge in [-0.1, -0.05) is 31.3 Å². The van der Waals surface area contributed by atoms with E-state index in [1.165, 1.54) is 4.88 Å². The first-order chi connectivity index (χ1) is 10.1. The Labute approximate surface area is 135 Å².